The van der Waals surface area contributed by atoms with E-state index in [1.807, 2.05) is 6.07 Å². The van der Waals surface area contributed by atoms with Gasteiger partial charge in [-0.15, -0.1) is 0 Å². The number of carbonyl (C=O) groups is 1. The molecule has 0 amide bonds. The quantitative estimate of drug-likeness (QED) is 0.683. The largest absolute Gasteiger partial charge is 0.350 e. The van der Waals surface area contributed by atoms with Crippen molar-refractivity contribution in [1.82, 2.24) is 9.78 Å². The summed E-state index contributed by atoms with van der Waals surface area (Å²) in [5, 5.41) is 16.3. The predicted octanol–water partition coefficient (Wildman–Crippen LogP) is 3.89. The van der Waals surface area contributed by atoms with Gasteiger partial charge in [0.2, 0.25) is 0 Å². The number of aromatic nitrogens is 2. The fourth-order valence-electron chi connectivity index (χ4n) is 2.89. The van der Waals surface area contributed by atoms with Crippen molar-refractivity contribution in [2.24, 2.45) is 0 Å². The molecule has 6 nitrogen and oxygen atoms in total. The van der Waals surface area contributed by atoms with Crippen LogP contribution in [0.2, 0.25) is 0 Å². The Bertz CT molecular complexity index is 1160. The van der Waals surface area contributed by atoms with Gasteiger partial charge < -0.3 is 5.32 Å². The number of nitriles is 1. The number of hydrogen-bond acceptors (Lipinski definition) is 5. The van der Waals surface area contributed by atoms with Crippen molar-refractivity contribution >= 4 is 17.2 Å². The Morgan fingerprint density at radius 3 is 2.64 bits per heavy atom. The third-order valence-corrected chi connectivity index (χ3v) is 4.17. The van der Waals surface area contributed by atoms with Crippen LogP contribution in [0.5, 0.6) is 0 Å². The van der Waals surface area contributed by atoms with E-state index in [0.29, 0.717) is 16.8 Å². The van der Waals surface area contributed by atoms with E-state index < -0.39 is 11.4 Å². The fraction of sp³-hybridized carbons (Fsp3) is 0.143. The zero-order valence-electron chi connectivity index (χ0n) is 15.4. The van der Waals surface area contributed by atoms with Crippen LogP contribution in [0.3, 0.4) is 0 Å². The summed E-state index contributed by atoms with van der Waals surface area (Å²) in [6.07, 6.45) is 0. The van der Waals surface area contributed by atoms with Crippen LogP contribution in [0.1, 0.15) is 29.8 Å². The monoisotopic (exact) mass is 376 g/mol. The number of benzene rings is 2. The summed E-state index contributed by atoms with van der Waals surface area (Å²) in [5.74, 6) is -0.856. The van der Waals surface area contributed by atoms with E-state index in [4.69, 9.17) is 5.26 Å². The van der Waals surface area contributed by atoms with Crippen LogP contribution in [0.15, 0.2) is 53.3 Å². The maximum absolute atomic E-state index is 13.8. The van der Waals surface area contributed by atoms with Crippen LogP contribution in [0.25, 0.3) is 11.3 Å². The average molecular weight is 376 g/mol. The third kappa shape index (κ3) is 3.67. The van der Waals surface area contributed by atoms with Gasteiger partial charge in [0.05, 0.1) is 17.2 Å². The highest BCUT2D eigenvalue weighted by Gasteiger charge is 2.22. The number of ketones is 1. The van der Waals surface area contributed by atoms with Crippen molar-refractivity contribution in [1.29, 1.82) is 5.26 Å². The van der Waals surface area contributed by atoms with Gasteiger partial charge in [-0.05, 0) is 44.2 Å². The molecule has 0 fully saturated rings. The van der Waals surface area contributed by atoms with E-state index in [1.165, 1.54) is 29.8 Å². The number of halogens is 1. The summed E-state index contributed by atoms with van der Waals surface area (Å²) in [4.78, 5) is 25.3. The number of nitrogens with one attached hydrogen (secondary N) is 1. The molecule has 0 aliphatic heterocycles. The Morgan fingerprint density at radius 2 is 2.00 bits per heavy atom. The molecule has 0 atom stereocenters. The van der Waals surface area contributed by atoms with Crippen LogP contribution < -0.4 is 10.9 Å². The molecule has 7 heteroatoms. The molecule has 1 N–H and O–H groups in total. The van der Waals surface area contributed by atoms with Gasteiger partial charge in [0, 0.05) is 17.8 Å². The maximum Gasteiger partial charge on any atom is 0.291 e. The molecule has 3 rings (SSSR count). The Labute approximate surface area is 160 Å². The lowest BCUT2D eigenvalue weighted by Gasteiger charge is -2.16. The minimum Gasteiger partial charge on any atom is -0.350 e. The maximum atomic E-state index is 13.8. The number of hydrogen-bond donors (Lipinski definition) is 1. The second-order valence-electron chi connectivity index (χ2n) is 6.10. The first-order valence-electron chi connectivity index (χ1n) is 8.63. The lowest BCUT2D eigenvalue weighted by Crippen LogP contribution is -2.28. The predicted molar refractivity (Wildman–Crippen MR) is 104 cm³/mol. The van der Waals surface area contributed by atoms with Crippen LogP contribution in [-0.4, -0.2) is 15.6 Å². The molecule has 0 unspecified atom stereocenters. The molecule has 0 spiro atoms. The van der Waals surface area contributed by atoms with Crippen molar-refractivity contribution in [3.63, 3.8) is 0 Å². The van der Waals surface area contributed by atoms with Gasteiger partial charge >= 0.3 is 0 Å². The lowest BCUT2D eigenvalue weighted by atomic mass is 10.0. The topological polar surface area (TPSA) is 87.8 Å². The summed E-state index contributed by atoms with van der Waals surface area (Å²) in [6, 6.07) is 14.3. The number of carbonyl (C=O) groups excluding carboxylic acids is 1. The molecule has 3 aromatic rings. The number of nitrogens with zero attached hydrogens (tertiary/aromatic N) is 3. The average Bonchev–Trinajstić information content (AvgIpc) is 2.69. The second kappa shape index (κ2) is 7.84. The van der Waals surface area contributed by atoms with Crippen molar-refractivity contribution in [3.05, 3.63) is 75.8 Å². The highest BCUT2D eigenvalue weighted by molar-refractivity contribution is 6.05. The van der Waals surface area contributed by atoms with Crippen LogP contribution in [0, 0.1) is 17.1 Å². The summed E-state index contributed by atoms with van der Waals surface area (Å²) in [6.45, 7) is 3.34. The molecular formula is C21H17FN4O2. The van der Waals surface area contributed by atoms with Crippen LogP contribution in [-0.2, 0) is 6.54 Å². The molecule has 0 radical (unpaired) electrons. The number of aryl methyl sites for hydroxylation is 1. The summed E-state index contributed by atoms with van der Waals surface area (Å²) < 4.78 is 15.0. The van der Waals surface area contributed by atoms with E-state index in [9.17, 15) is 14.0 Å². The molecule has 0 saturated carbocycles. The van der Waals surface area contributed by atoms with Gasteiger partial charge in [-0.2, -0.15) is 10.4 Å². The fourth-order valence-corrected chi connectivity index (χ4v) is 2.89. The lowest BCUT2D eigenvalue weighted by molar-refractivity contribution is 0.101. The summed E-state index contributed by atoms with van der Waals surface area (Å²) in [7, 11) is 0. The standard InChI is InChI=1S/C21H17FN4O2/c1-3-26-21(28)20(24-17-9-4-6-14(10-17)12-23)18(13(2)27)19(25-26)15-7-5-8-16(22)11-15/h4-11,24H,3H2,1-2H3. The Morgan fingerprint density at radius 1 is 1.25 bits per heavy atom. The third-order valence-electron chi connectivity index (χ3n) is 4.17. The molecule has 0 bridgehead atoms. The van der Waals surface area contributed by atoms with Gasteiger partial charge in [0.15, 0.2) is 5.78 Å². The molecule has 2 aromatic carbocycles. The Kier molecular flexibility index (Phi) is 5.32. The Hall–Kier alpha value is -3.79. The zero-order chi connectivity index (χ0) is 20.3. The van der Waals surface area contributed by atoms with E-state index in [-0.39, 0.29) is 29.3 Å². The van der Waals surface area contributed by atoms with Gasteiger partial charge in [0.1, 0.15) is 17.2 Å². The van der Waals surface area contributed by atoms with E-state index in [1.54, 1.807) is 37.3 Å². The minimum absolute atomic E-state index is 0.0405. The van der Waals surface area contributed by atoms with Gasteiger partial charge in [0.25, 0.3) is 5.56 Å². The first-order chi connectivity index (χ1) is 13.4. The van der Waals surface area contributed by atoms with Gasteiger partial charge in [-0.25, -0.2) is 9.07 Å². The molecule has 1 aromatic heterocycles. The first-order valence-corrected chi connectivity index (χ1v) is 8.63. The van der Waals surface area contributed by atoms with Crippen molar-refractivity contribution in [2.45, 2.75) is 20.4 Å². The Balaban J connectivity index is 2.28. The highest BCUT2D eigenvalue weighted by atomic mass is 19.1. The first kappa shape index (κ1) is 19.0. The smallest absolute Gasteiger partial charge is 0.291 e. The van der Waals surface area contributed by atoms with Gasteiger partial charge in [-0.1, -0.05) is 18.2 Å². The molecule has 28 heavy (non-hydrogen) atoms. The summed E-state index contributed by atoms with van der Waals surface area (Å²) >= 11 is 0. The second-order valence-corrected chi connectivity index (χ2v) is 6.10. The highest BCUT2D eigenvalue weighted by Crippen LogP contribution is 2.28. The number of Topliss-reactive ketones (excluding diaryl/α,β-unsaturated/α-hetero) is 1. The van der Waals surface area contributed by atoms with Crippen LogP contribution in [0.4, 0.5) is 15.8 Å². The van der Waals surface area contributed by atoms with E-state index in [2.05, 4.69) is 10.4 Å². The van der Waals surface area contributed by atoms with Crippen molar-refractivity contribution in [2.75, 3.05) is 5.32 Å². The van der Waals surface area contributed by atoms with Gasteiger partial charge in [-0.3, -0.25) is 9.59 Å². The molecule has 0 saturated heterocycles. The van der Waals surface area contributed by atoms with Crippen molar-refractivity contribution in [3.8, 4) is 17.3 Å². The minimum atomic E-state index is -0.477. The molecule has 140 valence electrons. The van der Waals surface area contributed by atoms with E-state index in [0.717, 1.165) is 0 Å². The number of anilines is 2. The van der Waals surface area contributed by atoms with E-state index >= 15 is 0 Å². The molecule has 0 aliphatic rings. The summed E-state index contributed by atoms with van der Waals surface area (Å²) in [5.41, 5.74) is 1.13. The zero-order valence-corrected chi connectivity index (χ0v) is 15.4. The molecular weight excluding hydrogens is 359 g/mol. The SMILES string of the molecule is CCn1nc(-c2cccc(F)c2)c(C(C)=O)c(Nc2cccc(C#N)c2)c1=O. The van der Waals surface area contributed by atoms with Crippen molar-refractivity contribution < 1.29 is 9.18 Å². The molecule has 1 heterocycles. The molecule has 0 aliphatic carbocycles. The number of rotatable bonds is 5. The van der Waals surface area contributed by atoms with Crippen LogP contribution >= 0.6 is 0 Å². The normalized spacial score (nSPS) is 10.4.